The molecule has 3 rings (SSSR count). The summed E-state index contributed by atoms with van der Waals surface area (Å²) >= 11 is 1.68. The predicted molar refractivity (Wildman–Crippen MR) is 75.7 cm³/mol. The lowest BCUT2D eigenvalue weighted by molar-refractivity contribution is 0.683. The Morgan fingerprint density at radius 1 is 1.26 bits per heavy atom. The first kappa shape index (κ1) is 12.1. The van der Waals surface area contributed by atoms with Gasteiger partial charge < -0.3 is 5.32 Å². The van der Waals surface area contributed by atoms with Crippen molar-refractivity contribution >= 4 is 22.3 Å². The Morgan fingerprint density at radius 3 is 2.89 bits per heavy atom. The van der Waals surface area contributed by atoms with Crippen molar-refractivity contribution in [1.82, 2.24) is 9.97 Å². The van der Waals surface area contributed by atoms with Crippen LogP contribution in [0.4, 0.5) is 10.9 Å². The van der Waals surface area contributed by atoms with Crippen LogP contribution < -0.4 is 5.32 Å². The zero-order chi connectivity index (χ0) is 13.2. The molecule has 0 saturated heterocycles. The van der Waals surface area contributed by atoms with E-state index in [1.54, 1.807) is 17.4 Å². The van der Waals surface area contributed by atoms with Crippen LogP contribution >= 0.6 is 11.3 Å². The van der Waals surface area contributed by atoms with Crippen LogP contribution in [0, 0.1) is 18.3 Å². The summed E-state index contributed by atoms with van der Waals surface area (Å²) in [6, 6.07) is 5.79. The summed E-state index contributed by atoms with van der Waals surface area (Å²) in [7, 11) is 0. The lowest BCUT2D eigenvalue weighted by atomic mass is 10.0. The molecule has 0 aliphatic heterocycles. The minimum Gasteiger partial charge on any atom is -0.315 e. The number of aromatic nitrogens is 2. The van der Waals surface area contributed by atoms with Gasteiger partial charge in [-0.3, -0.25) is 0 Å². The first-order valence-corrected chi connectivity index (χ1v) is 7.21. The molecule has 96 valence electrons. The van der Waals surface area contributed by atoms with E-state index in [1.165, 1.54) is 23.4 Å². The predicted octanol–water partition coefficient (Wildman–Crippen LogP) is 3.34. The summed E-state index contributed by atoms with van der Waals surface area (Å²) in [6.07, 6.45) is 4.67. The Morgan fingerprint density at radius 2 is 2.11 bits per heavy atom. The van der Waals surface area contributed by atoms with Crippen LogP contribution in [0.1, 0.15) is 34.7 Å². The highest BCUT2D eigenvalue weighted by Crippen LogP contribution is 2.31. The standard InChI is InChI=1S/C14H14N4S/c1-9-6-7-10(8-15)13(16-9)18-14-17-11-4-2-3-5-12(11)19-14/h6-7H,2-5H2,1H3,(H,16,17,18). The van der Waals surface area contributed by atoms with Crippen molar-refractivity contribution < 1.29 is 0 Å². The molecule has 0 bridgehead atoms. The quantitative estimate of drug-likeness (QED) is 0.909. The topological polar surface area (TPSA) is 61.6 Å². The average Bonchev–Trinajstić information content (AvgIpc) is 2.81. The molecule has 0 fully saturated rings. The largest absolute Gasteiger partial charge is 0.315 e. The Labute approximate surface area is 116 Å². The third kappa shape index (κ3) is 2.45. The maximum atomic E-state index is 9.10. The molecule has 5 heteroatoms. The minimum atomic E-state index is 0.554. The van der Waals surface area contributed by atoms with Crippen molar-refractivity contribution in [3.8, 4) is 6.07 Å². The van der Waals surface area contributed by atoms with E-state index < -0.39 is 0 Å². The number of fused-ring (bicyclic) bond motifs is 1. The van der Waals surface area contributed by atoms with Gasteiger partial charge in [0.15, 0.2) is 5.13 Å². The molecule has 0 radical (unpaired) electrons. The van der Waals surface area contributed by atoms with E-state index in [0.29, 0.717) is 11.4 Å². The zero-order valence-corrected chi connectivity index (χ0v) is 11.5. The zero-order valence-electron chi connectivity index (χ0n) is 10.7. The molecule has 0 saturated carbocycles. The van der Waals surface area contributed by atoms with Crippen LogP contribution in [0.15, 0.2) is 12.1 Å². The van der Waals surface area contributed by atoms with Crippen LogP contribution in [0.25, 0.3) is 0 Å². The van der Waals surface area contributed by atoms with Crippen molar-refractivity contribution in [2.45, 2.75) is 32.6 Å². The number of anilines is 2. The molecular weight excluding hydrogens is 256 g/mol. The Bertz CT molecular complexity index is 630. The number of nitrogens with zero attached hydrogens (tertiary/aromatic N) is 3. The summed E-state index contributed by atoms with van der Waals surface area (Å²) < 4.78 is 0. The van der Waals surface area contributed by atoms with E-state index in [-0.39, 0.29) is 0 Å². The monoisotopic (exact) mass is 270 g/mol. The Kier molecular flexibility index (Phi) is 3.18. The molecule has 0 spiro atoms. The highest BCUT2D eigenvalue weighted by atomic mass is 32.1. The SMILES string of the molecule is Cc1ccc(C#N)c(Nc2nc3c(s2)CCCC3)n1. The summed E-state index contributed by atoms with van der Waals surface area (Å²) in [4.78, 5) is 10.4. The van der Waals surface area contributed by atoms with Crippen molar-refractivity contribution in [2.24, 2.45) is 0 Å². The number of hydrogen-bond donors (Lipinski definition) is 1. The highest BCUT2D eigenvalue weighted by Gasteiger charge is 2.16. The molecule has 4 nitrogen and oxygen atoms in total. The van der Waals surface area contributed by atoms with Crippen LogP contribution in [-0.4, -0.2) is 9.97 Å². The molecule has 1 aliphatic carbocycles. The molecule has 2 aromatic heterocycles. The fraction of sp³-hybridized carbons (Fsp3) is 0.357. The number of pyridine rings is 1. The van der Waals surface area contributed by atoms with Crippen LogP contribution in [0.5, 0.6) is 0 Å². The number of rotatable bonds is 2. The molecule has 1 aliphatic rings. The van der Waals surface area contributed by atoms with Crippen molar-refractivity contribution in [2.75, 3.05) is 5.32 Å². The second-order valence-electron chi connectivity index (χ2n) is 4.68. The van der Waals surface area contributed by atoms with Gasteiger partial charge in [-0.2, -0.15) is 5.26 Å². The van der Waals surface area contributed by atoms with E-state index in [2.05, 4.69) is 21.4 Å². The molecule has 0 aromatic carbocycles. The van der Waals surface area contributed by atoms with E-state index in [0.717, 1.165) is 23.7 Å². The van der Waals surface area contributed by atoms with Gasteiger partial charge in [0, 0.05) is 10.6 Å². The molecular formula is C14H14N4S. The van der Waals surface area contributed by atoms with Crippen molar-refractivity contribution in [1.29, 1.82) is 5.26 Å². The minimum absolute atomic E-state index is 0.554. The van der Waals surface area contributed by atoms with Gasteiger partial charge in [0.05, 0.1) is 11.3 Å². The number of hydrogen-bond acceptors (Lipinski definition) is 5. The highest BCUT2D eigenvalue weighted by molar-refractivity contribution is 7.15. The molecule has 2 aromatic rings. The van der Waals surface area contributed by atoms with E-state index in [4.69, 9.17) is 5.26 Å². The third-order valence-corrected chi connectivity index (χ3v) is 4.30. The molecule has 19 heavy (non-hydrogen) atoms. The first-order valence-electron chi connectivity index (χ1n) is 6.39. The van der Waals surface area contributed by atoms with E-state index >= 15 is 0 Å². The van der Waals surface area contributed by atoms with E-state index in [9.17, 15) is 0 Å². The maximum Gasteiger partial charge on any atom is 0.188 e. The normalized spacial score (nSPS) is 13.7. The van der Waals surface area contributed by atoms with Gasteiger partial charge in [-0.25, -0.2) is 9.97 Å². The summed E-state index contributed by atoms with van der Waals surface area (Å²) in [6.45, 7) is 1.92. The van der Waals surface area contributed by atoms with E-state index in [1.807, 2.05) is 13.0 Å². The first-order chi connectivity index (χ1) is 9.26. The number of nitriles is 1. The smallest absolute Gasteiger partial charge is 0.188 e. The molecule has 1 N–H and O–H groups in total. The van der Waals surface area contributed by atoms with Crippen molar-refractivity contribution in [3.05, 3.63) is 34.0 Å². The summed E-state index contributed by atoms with van der Waals surface area (Å²) in [5.41, 5.74) is 2.66. The average molecular weight is 270 g/mol. The molecule has 0 unspecified atom stereocenters. The lowest BCUT2D eigenvalue weighted by Gasteiger charge is -2.06. The lowest BCUT2D eigenvalue weighted by Crippen LogP contribution is -2.00. The van der Waals surface area contributed by atoms with Crippen LogP contribution in [-0.2, 0) is 12.8 Å². The van der Waals surface area contributed by atoms with Gasteiger partial charge in [-0.05, 0) is 44.7 Å². The second-order valence-corrected chi connectivity index (χ2v) is 5.77. The van der Waals surface area contributed by atoms with Gasteiger partial charge in [-0.15, -0.1) is 11.3 Å². The summed E-state index contributed by atoms with van der Waals surface area (Å²) in [5, 5.41) is 13.1. The third-order valence-electron chi connectivity index (χ3n) is 3.23. The van der Waals surface area contributed by atoms with Gasteiger partial charge in [0.2, 0.25) is 0 Å². The molecule has 2 heterocycles. The molecule has 0 atom stereocenters. The van der Waals surface area contributed by atoms with Gasteiger partial charge in [-0.1, -0.05) is 0 Å². The summed E-state index contributed by atoms with van der Waals surface area (Å²) in [5.74, 6) is 0.605. The van der Waals surface area contributed by atoms with Crippen LogP contribution in [0.2, 0.25) is 0 Å². The number of thiazole rings is 1. The molecule has 0 amide bonds. The van der Waals surface area contributed by atoms with Gasteiger partial charge >= 0.3 is 0 Å². The fourth-order valence-electron chi connectivity index (χ4n) is 2.25. The number of nitrogens with one attached hydrogen (secondary N) is 1. The van der Waals surface area contributed by atoms with Crippen LogP contribution in [0.3, 0.4) is 0 Å². The Balaban J connectivity index is 1.91. The van der Waals surface area contributed by atoms with Crippen molar-refractivity contribution in [3.63, 3.8) is 0 Å². The van der Waals surface area contributed by atoms with Gasteiger partial charge in [0.1, 0.15) is 11.9 Å². The number of aryl methyl sites for hydroxylation is 3. The maximum absolute atomic E-state index is 9.10. The second kappa shape index (κ2) is 4.98. The van der Waals surface area contributed by atoms with Gasteiger partial charge in [0.25, 0.3) is 0 Å². The fourth-order valence-corrected chi connectivity index (χ4v) is 3.30. The Hall–Kier alpha value is -1.93.